The molecule has 76 valence electrons. The molecule has 0 aliphatic carbocycles. The molecule has 0 aromatic carbocycles. The van der Waals surface area contributed by atoms with E-state index in [9.17, 15) is 13.9 Å². The number of ether oxygens (including phenoxy) is 1. The number of aliphatic hydroxyl groups excluding tert-OH is 1. The molecule has 0 radical (unpaired) electrons. The van der Waals surface area contributed by atoms with Crippen molar-refractivity contribution < 1.29 is 18.6 Å². The maximum Gasteiger partial charge on any atom is 0.233 e. The molecule has 1 fully saturated rings. The number of halogens is 2. The van der Waals surface area contributed by atoms with Crippen molar-refractivity contribution in [1.82, 2.24) is 0 Å². The molecule has 2 nitrogen and oxygen atoms in total. The lowest BCUT2D eigenvalue weighted by Gasteiger charge is -2.35. The second-order valence-electron chi connectivity index (χ2n) is 3.52. The third-order valence-corrected chi connectivity index (χ3v) is 1.91. The molecular weight excluding hydrogens is 178 g/mol. The topological polar surface area (TPSA) is 29.5 Å². The molecule has 4 heteroatoms. The highest BCUT2D eigenvalue weighted by Crippen LogP contribution is 2.29. The average molecular weight is 192 g/mol. The number of hydrogen-bond acceptors (Lipinski definition) is 2. The molecule has 1 rings (SSSR count). The summed E-state index contributed by atoms with van der Waals surface area (Å²) in [7, 11) is 0. The highest BCUT2D eigenvalue weighted by molar-refractivity contribution is 5.00. The molecule has 1 N–H and O–H groups in total. The van der Waals surface area contributed by atoms with Gasteiger partial charge in [-0.3, -0.25) is 0 Å². The van der Waals surface area contributed by atoms with Crippen molar-refractivity contribution in [1.29, 1.82) is 0 Å². The van der Waals surface area contributed by atoms with Crippen molar-refractivity contribution in [2.24, 2.45) is 0 Å². The SMILES string of the molecule is CC(C)=CC(O)CC1OC(F)C1F. The zero-order valence-electron chi connectivity index (χ0n) is 7.71. The Morgan fingerprint density at radius 2 is 2.15 bits per heavy atom. The second-order valence-corrected chi connectivity index (χ2v) is 3.52. The van der Waals surface area contributed by atoms with E-state index < -0.39 is 24.7 Å². The van der Waals surface area contributed by atoms with E-state index in [0.717, 1.165) is 5.57 Å². The van der Waals surface area contributed by atoms with Crippen molar-refractivity contribution in [2.75, 3.05) is 0 Å². The van der Waals surface area contributed by atoms with E-state index in [0.29, 0.717) is 0 Å². The third-order valence-electron chi connectivity index (χ3n) is 1.91. The number of hydrogen-bond donors (Lipinski definition) is 1. The van der Waals surface area contributed by atoms with Gasteiger partial charge in [-0.2, -0.15) is 0 Å². The minimum Gasteiger partial charge on any atom is -0.389 e. The lowest BCUT2D eigenvalue weighted by Crippen LogP contribution is -2.49. The van der Waals surface area contributed by atoms with E-state index in [2.05, 4.69) is 4.74 Å². The number of rotatable bonds is 3. The molecule has 0 amide bonds. The fraction of sp³-hybridized carbons (Fsp3) is 0.778. The minimum atomic E-state index is -1.80. The zero-order valence-corrected chi connectivity index (χ0v) is 7.71. The average Bonchev–Trinajstić information content (AvgIpc) is 2.02. The Morgan fingerprint density at radius 3 is 2.54 bits per heavy atom. The number of alkyl halides is 2. The fourth-order valence-corrected chi connectivity index (χ4v) is 1.27. The molecular formula is C9H14F2O2. The normalized spacial score (nSPS) is 35.0. The maximum absolute atomic E-state index is 12.6. The monoisotopic (exact) mass is 192 g/mol. The summed E-state index contributed by atoms with van der Waals surface area (Å²) < 4.78 is 29.3. The summed E-state index contributed by atoms with van der Waals surface area (Å²) in [5, 5.41) is 9.31. The fourth-order valence-electron chi connectivity index (χ4n) is 1.27. The van der Waals surface area contributed by atoms with Crippen LogP contribution in [-0.4, -0.2) is 29.8 Å². The molecule has 0 bridgehead atoms. The van der Waals surface area contributed by atoms with Gasteiger partial charge < -0.3 is 9.84 Å². The predicted octanol–water partition coefficient (Wildman–Crippen LogP) is 1.74. The summed E-state index contributed by atoms with van der Waals surface area (Å²) in [5.74, 6) is 0. The first-order valence-corrected chi connectivity index (χ1v) is 4.27. The molecule has 1 heterocycles. The van der Waals surface area contributed by atoms with Crippen molar-refractivity contribution in [3.8, 4) is 0 Å². The van der Waals surface area contributed by atoms with Crippen LogP contribution >= 0.6 is 0 Å². The van der Waals surface area contributed by atoms with Crippen LogP contribution in [0.3, 0.4) is 0 Å². The number of aliphatic hydroxyl groups is 1. The molecule has 13 heavy (non-hydrogen) atoms. The van der Waals surface area contributed by atoms with Gasteiger partial charge in [0.25, 0.3) is 0 Å². The van der Waals surface area contributed by atoms with Gasteiger partial charge in [-0.15, -0.1) is 0 Å². The van der Waals surface area contributed by atoms with Gasteiger partial charge >= 0.3 is 0 Å². The van der Waals surface area contributed by atoms with Crippen LogP contribution in [0.15, 0.2) is 11.6 Å². The Balaban J connectivity index is 2.30. The Morgan fingerprint density at radius 1 is 1.54 bits per heavy atom. The van der Waals surface area contributed by atoms with Gasteiger partial charge in [0.15, 0.2) is 6.17 Å². The molecule has 0 spiro atoms. The minimum absolute atomic E-state index is 0.118. The highest BCUT2D eigenvalue weighted by Gasteiger charge is 2.43. The van der Waals surface area contributed by atoms with E-state index in [-0.39, 0.29) is 6.42 Å². The smallest absolute Gasteiger partial charge is 0.233 e. The molecule has 4 atom stereocenters. The summed E-state index contributed by atoms with van der Waals surface area (Å²) in [6, 6.07) is 0. The van der Waals surface area contributed by atoms with Gasteiger partial charge in [0.05, 0.1) is 6.10 Å². The molecule has 1 aliphatic rings. The van der Waals surface area contributed by atoms with E-state index in [4.69, 9.17) is 0 Å². The van der Waals surface area contributed by atoms with Gasteiger partial charge in [-0.25, -0.2) is 8.78 Å². The first-order chi connectivity index (χ1) is 6.00. The largest absolute Gasteiger partial charge is 0.389 e. The van der Waals surface area contributed by atoms with Crippen molar-refractivity contribution in [3.63, 3.8) is 0 Å². The second kappa shape index (κ2) is 4.15. The van der Waals surface area contributed by atoms with Crippen molar-refractivity contribution in [2.45, 2.75) is 45.0 Å². The van der Waals surface area contributed by atoms with Crippen LogP contribution in [0.4, 0.5) is 8.78 Å². The van der Waals surface area contributed by atoms with E-state index in [1.807, 2.05) is 13.8 Å². The van der Waals surface area contributed by atoms with Gasteiger partial charge in [0, 0.05) is 6.42 Å². The standard InChI is InChI=1S/C9H14F2O2/c1-5(2)3-6(12)4-7-8(10)9(11)13-7/h3,6-9,12H,4H2,1-2H3. The quantitative estimate of drug-likeness (QED) is 0.690. The van der Waals surface area contributed by atoms with Crippen LogP contribution < -0.4 is 0 Å². The molecule has 0 aromatic rings. The Bertz CT molecular complexity index is 202. The van der Waals surface area contributed by atoms with E-state index in [1.54, 1.807) is 6.08 Å². The van der Waals surface area contributed by atoms with Crippen LogP contribution in [0.2, 0.25) is 0 Å². The van der Waals surface area contributed by atoms with Gasteiger partial charge in [-0.05, 0) is 13.8 Å². The van der Waals surface area contributed by atoms with Crippen LogP contribution in [0.1, 0.15) is 20.3 Å². The summed E-state index contributed by atoms with van der Waals surface area (Å²) in [5.41, 5.74) is 0.944. The van der Waals surface area contributed by atoms with Gasteiger partial charge in [-0.1, -0.05) is 11.6 Å². The molecule has 4 unspecified atom stereocenters. The van der Waals surface area contributed by atoms with E-state index in [1.165, 1.54) is 0 Å². The summed E-state index contributed by atoms with van der Waals surface area (Å²) in [4.78, 5) is 0. The molecule has 1 aliphatic heterocycles. The Labute approximate surface area is 76.2 Å². The van der Waals surface area contributed by atoms with Gasteiger partial charge in [0.2, 0.25) is 6.36 Å². The lowest BCUT2D eigenvalue weighted by molar-refractivity contribution is -0.253. The van der Waals surface area contributed by atoms with Crippen molar-refractivity contribution >= 4 is 0 Å². The van der Waals surface area contributed by atoms with Gasteiger partial charge in [0.1, 0.15) is 6.10 Å². The van der Waals surface area contributed by atoms with E-state index >= 15 is 0 Å². The first kappa shape index (κ1) is 10.6. The van der Waals surface area contributed by atoms with Crippen LogP contribution in [-0.2, 0) is 4.74 Å². The predicted molar refractivity (Wildman–Crippen MR) is 44.7 cm³/mol. The molecule has 0 saturated carbocycles. The summed E-state index contributed by atoms with van der Waals surface area (Å²) >= 11 is 0. The van der Waals surface area contributed by atoms with Crippen LogP contribution in [0, 0.1) is 0 Å². The van der Waals surface area contributed by atoms with Crippen LogP contribution in [0.25, 0.3) is 0 Å². The Kier molecular flexibility index (Phi) is 3.39. The molecule has 1 saturated heterocycles. The molecule has 0 aromatic heterocycles. The summed E-state index contributed by atoms with van der Waals surface area (Å²) in [6.45, 7) is 3.66. The summed E-state index contributed by atoms with van der Waals surface area (Å²) in [6.07, 6.45) is -3.21. The first-order valence-electron chi connectivity index (χ1n) is 4.27. The maximum atomic E-state index is 12.6. The lowest BCUT2D eigenvalue weighted by atomic mass is 10.0. The van der Waals surface area contributed by atoms with Crippen LogP contribution in [0.5, 0.6) is 0 Å². The Hall–Kier alpha value is -0.480. The number of allylic oxidation sites excluding steroid dienone is 1. The van der Waals surface area contributed by atoms with Crippen molar-refractivity contribution in [3.05, 3.63) is 11.6 Å². The highest BCUT2D eigenvalue weighted by atomic mass is 19.2. The third kappa shape index (κ3) is 2.74. The zero-order chi connectivity index (χ0) is 10.0.